The van der Waals surface area contributed by atoms with Crippen molar-refractivity contribution in [3.63, 3.8) is 0 Å². The van der Waals surface area contributed by atoms with Crippen molar-refractivity contribution < 1.29 is 19.0 Å². The lowest BCUT2D eigenvalue weighted by Gasteiger charge is -2.13. The van der Waals surface area contributed by atoms with Gasteiger partial charge in [-0.3, -0.25) is 0 Å². The van der Waals surface area contributed by atoms with Gasteiger partial charge >= 0.3 is 5.97 Å². The molecule has 0 fully saturated rings. The highest BCUT2D eigenvalue weighted by atomic mass is 32.1. The first-order valence-electron chi connectivity index (χ1n) is 7.64. The van der Waals surface area contributed by atoms with Gasteiger partial charge in [-0.05, 0) is 43.4 Å². The first kappa shape index (κ1) is 18.5. The predicted molar refractivity (Wildman–Crippen MR) is 102 cm³/mol. The number of benzene rings is 2. The van der Waals surface area contributed by atoms with Crippen LogP contribution < -0.4 is 20.1 Å². The van der Waals surface area contributed by atoms with E-state index in [1.807, 2.05) is 0 Å². The van der Waals surface area contributed by atoms with Crippen molar-refractivity contribution in [1.29, 1.82) is 0 Å². The fraction of sp³-hybridized carbons (Fsp3) is 0.222. The van der Waals surface area contributed by atoms with Gasteiger partial charge in [0.15, 0.2) is 5.11 Å². The quantitative estimate of drug-likeness (QED) is 0.601. The molecule has 0 saturated heterocycles. The maximum absolute atomic E-state index is 11.6. The molecule has 0 aliphatic carbocycles. The van der Waals surface area contributed by atoms with E-state index in [0.29, 0.717) is 28.8 Å². The van der Waals surface area contributed by atoms with Crippen LogP contribution in [0.25, 0.3) is 0 Å². The van der Waals surface area contributed by atoms with E-state index in [2.05, 4.69) is 10.6 Å². The Morgan fingerprint density at radius 2 is 1.52 bits per heavy atom. The normalized spacial score (nSPS) is 9.88. The third-order valence-corrected chi connectivity index (χ3v) is 3.47. The molecule has 25 heavy (non-hydrogen) atoms. The van der Waals surface area contributed by atoms with E-state index in [-0.39, 0.29) is 5.97 Å². The predicted octanol–water partition coefficient (Wildman–Crippen LogP) is 3.69. The van der Waals surface area contributed by atoms with E-state index in [1.54, 1.807) is 63.6 Å². The Bertz CT molecular complexity index is 725. The minimum atomic E-state index is -0.349. The number of carbonyl (C=O) groups is 1. The molecule has 0 aliphatic heterocycles. The summed E-state index contributed by atoms with van der Waals surface area (Å²) in [5, 5.41) is 6.52. The lowest BCUT2D eigenvalue weighted by atomic mass is 10.2. The van der Waals surface area contributed by atoms with E-state index >= 15 is 0 Å². The number of esters is 1. The summed E-state index contributed by atoms with van der Waals surface area (Å²) in [7, 11) is 3.17. The molecule has 0 bridgehead atoms. The molecule has 0 saturated carbocycles. The zero-order valence-corrected chi connectivity index (χ0v) is 15.1. The minimum Gasteiger partial charge on any atom is -0.497 e. The van der Waals surface area contributed by atoms with Gasteiger partial charge in [-0.25, -0.2) is 4.79 Å². The Morgan fingerprint density at radius 3 is 2.04 bits per heavy atom. The molecule has 7 heteroatoms. The van der Waals surface area contributed by atoms with E-state index in [1.165, 1.54) is 0 Å². The van der Waals surface area contributed by atoms with Crippen LogP contribution in [0.4, 0.5) is 11.4 Å². The largest absolute Gasteiger partial charge is 0.497 e. The number of carbonyl (C=O) groups excluding carboxylic acids is 1. The highest BCUT2D eigenvalue weighted by molar-refractivity contribution is 7.80. The zero-order valence-electron chi connectivity index (χ0n) is 14.3. The number of hydrogen-bond donors (Lipinski definition) is 2. The summed E-state index contributed by atoms with van der Waals surface area (Å²) < 4.78 is 15.4. The van der Waals surface area contributed by atoms with Gasteiger partial charge in [0.25, 0.3) is 0 Å². The number of rotatable bonds is 6. The number of hydrogen-bond acceptors (Lipinski definition) is 5. The van der Waals surface area contributed by atoms with Crippen LogP contribution >= 0.6 is 12.2 Å². The molecular formula is C18H20N2O4S. The molecule has 0 amide bonds. The Morgan fingerprint density at radius 1 is 0.960 bits per heavy atom. The standard InChI is InChI=1S/C18H20N2O4S/c1-4-24-17(21)12-5-7-13(8-6-12)19-18(25)20-14-9-15(22-2)11-16(10-14)23-3/h5-11H,4H2,1-3H3,(H2,19,20,25). The lowest BCUT2D eigenvalue weighted by molar-refractivity contribution is 0.0526. The van der Waals surface area contributed by atoms with Crippen molar-refractivity contribution in [1.82, 2.24) is 0 Å². The first-order valence-corrected chi connectivity index (χ1v) is 8.04. The van der Waals surface area contributed by atoms with Crippen LogP contribution in [-0.4, -0.2) is 31.9 Å². The molecule has 0 spiro atoms. The number of ether oxygens (including phenoxy) is 3. The Labute approximate surface area is 152 Å². The van der Waals surface area contributed by atoms with Gasteiger partial charge in [-0.1, -0.05) is 0 Å². The van der Waals surface area contributed by atoms with Crippen molar-refractivity contribution >= 4 is 34.7 Å². The fourth-order valence-corrected chi connectivity index (χ4v) is 2.31. The third kappa shape index (κ3) is 5.36. The molecule has 0 radical (unpaired) electrons. The van der Waals surface area contributed by atoms with E-state index < -0.39 is 0 Å². The van der Waals surface area contributed by atoms with E-state index in [4.69, 9.17) is 26.4 Å². The zero-order chi connectivity index (χ0) is 18.2. The number of methoxy groups -OCH3 is 2. The van der Waals surface area contributed by atoms with Gasteiger partial charge < -0.3 is 24.8 Å². The van der Waals surface area contributed by atoms with Crippen LogP contribution in [-0.2, 0) is 4.74 Å². The van der Waals surface area contributed by atoms with Gasteiger partial charge in [-0.2, -0.15) is 0 Å². The fourth-order valence-electron chi connectivity index (χ4n) is 2.08. The second kappa shape index (κ2) is 8.89. The molecule has 2 aromatic carbocycles. The van der Waals surface area contributed by atoms with Crippen LogP contribution in [0.3, 0.4) is 0 Å². The van der Waals surface area contributed by atoms with Crippen LogP contribution in [0.2, 0.25) is 0 Å². The first-order chi connectivity index (χ1) is 12.0. The summed E-state index contributed by atoms with van der Waals surface area (Å²) in [6.07, 6.45) is 0. The van der Waals surface area contributed by atoms with Crippen molar-refractivity contribution in [3.05, 3.63) is 48.0 Å². The molecule has 0 atom stereocenters. The summed E-state index contributed by atoms with van der Waals surface area (Å²) in [5.74, 6) is 0.963. The average molecular weight is 360 g/mol. The van der Waals surface area contributed by atoms with Gasteiger partial charge in [0.1, 0.15) is 11.5 Å². The van der Waals surface area contributed by atoms with Crippen molar-refractivity contribution in [2.75, 3.05) is 31.5 Å². The van der Waals surface area contributed by atoms with Gasteiger partial charge in [0, 0.05) is 29.6 Å². The molecule has 6 nitrogen and oxygen atoms in total. The molecule has 2 N–H and O–H groups in total. The van der Waals surface area contributed by atoms with Crippen molar-refractivity contribution in [2.24, 2.45) is 0 Å². The second-order valence-electron chi connectivity index (χ2n) is 4.98. The highest BCUT2D eigenvalue weighted by Crippen LogP contribution is 2.25. The van der Waals surface area contributed by atoms with Gasteiger partial charge in [0.2, 0.25) is 0 Å². The number of anilines is 2. The molecule has 0 aliphatic rings. The number of thiocarbonyl (C=S) groups is 1. The van der Waals surface area contributed by atoms with Crippen LogP contribution in [0.5, 0.6) is 11.5 Å². The Kier molecular flexibility index (Phi) is 6.59. The summed E-state index contributed by atoms with van der Waals surface area (Å²) >= 11 is 5.31. The average Bonchev–Trinajstić information content (AvgIpc) is 2.62. The van der Waals surface area contributed by atoms with Gasteiger partial charge in [0.05, 0.1) is 26.4 Å². The van der Waals surface area contributed by atoms with Crippen molar-refractivity contribution in [3.8, 4) is 11.5 Å². The maximum Gasteiger partial charge on any atom is 0.338 e. The topological polar surface area (TPSA) is 68.8 Å². The third-order valence-electron chi connectivity index (χ3n) is 3.26. The second-order valence-corrected chi connectivity index (χ2v) is 5.39. The Hall–Kier alpha value is -2.80. The maximum atomic E-state index is 11.6. The van der Waals surface area contributed by atoms with Crippen LogP contribution in [0, 0.1) is 0 Å². The van der Waals surface area contributed by atoms with Crippen LogP contribution in [0.1, 0.15) is 17.3 Å². The smallest absolute Gasteiger partial charge is 0.338 e. The SMILES string of the molecule is CCOC(=O)c1ccc(NC(=S)Nc2cc(OC)cc(OC)c2)cc1. The summed E-state index contributed by atoms with van der Waals surface area (Å²) in [6.45, 7) is 2.11. The molecule has 0 aromatic heterocycles. The molecule has 2 rings (SSSR count). The molecule has 2 aromatic rings. The highest BCUT2D eigenvalue weighted by Gasteiger charge is 2.07. The lowest BCUT2D eigenvalue weighted by Crippen LogP contribution is -2.19. The summed E-state index contributed by atoms with van der Waals surface area (Å²) in [6, 6.07) is 12.3. The number of nitrogens with one attached hydrogen (secondary N) is 2. The monoisotopic (exact) mass is 360 g/mol. The van der Waals surface area contributed by atoms with Crippen LogP contribution in [0.15, 0.2) is 42.5 Å². The summed E-state index contributed by atoms with van der Waals surface area (Å²) in [5.41, 5.74) is 1.97. The molecular weight excluding hydrogens is 340 g/mol. The van der Waals surface area contributed by atoms with Crippen molar-refractivity contribution in [2.45, 2.75) is 6.92 Å². The van der Waals surface area contributed by atoms with E-state index in [0.717, 1.165) is 11.4 Å². The van der Waals surface area contributed by atoms with Gasteiger partial charge in [-0.15, -0.1) is 0 Å². The summed E-state index contributed by atoms with van der Waals surface area (Å²) in [4.78, 5) is 11.6. The molecule has 132 valence electrons. The Balaban J connectivity index is 2.01. The molecule has 0 unspecified atom stereocenters. The molecule has 0 heterocycles. The van der Waals surface area contributed by atoms with E-state index in [9.17, 15) is 4.79 Å². The minimum absolute atomic E-state index is 0.344.